The first-order valence-electron chi connectivity index (χ1n) is 9.03. The number of nitrogens with zero attached hydrogens (tertiary/aromatic N) is 2. The SMILES string of the molecule is Cc1nsc(C(=O)NC(CCc2ccccc2)C(=O)C(N)=O)c1-c1ccccn1. The third kappa shape index (κ3) is 4.91. The largest absolute Gasteiger partial charge is 0.363 e. The van der Waals surface area contributed by atoms with Gasteiger partial charge in [-0.3, -0.25) is 19.4 Å². The van der Waals surface area contributed by atoms with Crippen LogP contribution in [0.4, 0.5) is 0 Å². The Morgan fingerprint density at radius 2 is 1.83 bits per heavy atom. The molecule has 2 amide bonds. The van der Waals surface area contributed by atoms with Gasteiger partial charge in [0.15, 0.2) is 0 Å². The molecule has 2 aromatic heterocycles. The summed E-state index contributed by atoms with van der Waals surface area (Å²) in [6.07, 6.45) is 2.40. The number of rotatable bonds is 8. The Hall–Kier alpha value is -3.39. The Morgan fingerprint density at radius 3 is 2.48 bits per heavy atom. The molecule has 3 aromatic rings. The van der Waals surface area contributed by atoms with E-state index in [1.54, 1.807) is 25.3 Å². The van der Waals surface area contributed by atoms with Crippen LogP contribution in [0, 0.1) is 6.92 Å². The number of ketones is 1. The predicted molar refractivity (Wildman–Crippen MR) is 110 cm³/mol. The number of carbonyl (C=O) groups excluding carboxylic acids is 3. The summed E-state index contributed by atoms with van der Waals surface area (Å²) in [5.74, 6) is -2.38. The predicted octanol–water partition coefficient (Wildman–Crippen LogP) is 2.30. The Bertz CT molecular complexity index is 1020. The van der Waals surface area contributed by atoms with E-state index in [-0.39, 0.29) is 6.42 Å². The summed E-state index contributed by atoms with van der Waals surface area (Å²) in [5.41, 5.74) is 8.07. The monoisotopic (exact) mass is 408 g/mol. The Labute approximate surface area is 172 Å². The lowest BCUT2D eigenvalue weighted by atomic mass is 10.0. The van der Waals surface area contributed by atoms with Crippen molar-refractivity contribution in [3.8, 4) is 11.3 Å². The van der Waals surface area contributed by atoms with Gasteiger partial charge in [0.05, 0.1) is 17.4 Å². The maximum atomic E-state index is 12.9. The number of aromatic nitrogens is 2. The van der Waals surface area contributed by atoms with Crippen molar-refractivity contribution in [3.63, 3.8) is 0 Å². The summed E-state index contributed by atoms with van der Waals surface area (Å²) in [6, 6.07) is 13.9. The summed E-state index contributed by atoms with van der Waals surface area (Å²) >= 11 is 1.03. The van der Waals surface area contributed by atoms with Crippen LogP contribution in [0.1, 0.15) is 27.3 Å². The molecule has 7 nitrogen and oxygen atoms in total. The third-order valence-electron chi connectivity index (χ3n) is 4.42. The van der Waals surface area contributed by atoms with E-state index >= 15 is 0 Å². The minimum atomic E-state index is -1.08. The number of Topliss-reactive ketones (excluding diaryl/α,β-unsaturated/α-hetero) is 1. The van der Waals surface area contributed by atoms with Crippen molar-refractivity contribution >= 4 is 29.1 Å². The maximum Gasteiger partial charge on any atom is 0.287 e. The van der Waals surface area contributed by atoms with Crippen LogP contribution in [0.2, 0.25) is 0 Å². The standard InChI is InChI=1S/C21H20N4O3S/c1-13-17(15-9-5-6-12-23-15)19(29-25-13)21(28)24-16(18(26)20(22)27)11-10-14-7-3-2-4-8-14/h2-9,12,16H,10-11H2,1H3,(H2,22,27)(H,24,28). The molecule has 1 atom stereocenters. The minimum absolute atomic E-state index is 0.258. The molecule has 0 aliphatic rings. The summed E-state index contributed by atoms with van der Waals surface area (Å²) in [7, 11) is 0. The molecule has 1 unspecified atom stereocenters. The number of nitrogens with two attached hydrogens (primary N) is 1. The number of benzene rings is 1. The number of nitrogens with one attached hydrogen (secondary N) is 1. The van der Waals surface area contributed by atoms with Crippen LogP contribution in [0.3, 0.4) is 0 Å². The zero-order chi connectivity index (χ0) is 20.8. The second-order valence-electron chi connectivity index (χ2n) is 6.47. The fourth-order valence-corrected chi connectivity index (χ4v) is 3.76. The molecule has 3 rings (SSSR count). The summed E-state index contributed by atoms with van der Waals surface area (Å²) < 4.78 is 4.26. The molecule has 3 N–H and O–H groups in total. The van der Waals surface area contributed by atoms with Crippen molar-refractivity contribution in [3.05, 3.63) is 70.9 Å². The summed E-state index contributed by atoms with van der Waals surface area (Å²) in [5, 5.41) is 2.66. The first-order chi connectivity index (χ1) is 14.0. The molecular formula is C21H20N4O3S. The Kier molecular flexibility index (Phi) is 6.46. The van der Waals surface area contributed by atoms with Crippen LogP contribution in [-0.2, 0) is 16.0 Å². The van der Waals surface area contributed by atoms with Crippen LogP contribution in [0.25, 0.3) is 11.3 Å². The lowest BCUT2D eigenvalue weighted by Crippen LogP contribution is -2.46. The van der Waals surface area contributed by atoms with E-state index in [9.17, 15) is 14.4 Å². The van der Waals surface area contributed by atoms with Gasteiger partial charge in [-0.2, -0.15) is 4.37 Å². The van der Waals surface area contributed by atoms with Gasteiger partial charge in [0.1, 0.15) is 4.88 Å². The van der Waals surface area contributed by atoms with Crippen LogP contribution in [0.5, 0.6) is 0 Å². The van der Waals surface area contributed by atoms with Crippen molar-refractivity contribution in [1.29, 1.82) is 0 Å². The summed E-state index contributed by atoms with van der Waals surface area (Å²) in [6.45, 7) is 1.79. The molecule has 0 radical (unpaired) electrons. The van der Waals surface area contributed by atoms with Crippen LogP contribution in [0.15, 0.2) is 54.7 Å². The van der Waals surface area contributed by atoms with Crippen LogP contribution < -0.4 is 11.1 Å². The zero-order valence-electron chi connectivity index (χ0n) is 15.8. The van der Waals surface area contributed by atoms with Gasteiger partial charge in [-0.1, -0.05) is 36.4 Å². The van der Waals surface area contributed by atoms with Crippen molar-refractivity contribution in [1.82, 2.24) is 14.7 Å². The first-order valence-corrected chi connectivity index (χ1v) is 9.81. The number of hydrogen-bond acceptors (Lipinski definition) is 6. The highest BCUT2D eigenvalue weighted by Crippen LogP contribution is 2.28. The summed E-state index contributed by atoms with van der Waals surface area (Å²) in [4.78, 5) is 41.3. The number of amides is 2. The number of primary amides is 1. The van der Waals surface area contributed by atoms with Gasteiger partial charge in [-0.05, 0) is 49.0 Å². The molecule has 1 aromatic carbocycles. The number of pyridine rings is 1. The lowest BCUT2D eigenvalue weighted by Gasteiger charge is -2.16. The van der Waals surface area contributed by atoms with Gasteiger partial charge < -0.3 is 11.1 Å². The molecule has 0 spiro atoms. The number of hydrogen-bond donors (Lipinski definition) is 2. The van der Waals surface area contributed by atoms with Crippen LogP contribution >= 0.6 is 11.5 Å². The average molecular weight is 408 g/mol. The first kappa shape index (κ1) is 20.3. The Morgan fingerprint density at radius 1 is 1.10 bits per heavy atom. The normalized spacial score (nSPS) is 11.6. The van der Waals surface area contributed by atoms with E-state index in [0.29, 0.717) is 28.2 Å². The smallest absolute Gasteiger partial charge is 0.287 e. The molecule has 29 heavy (non-hydrogen) atoms. The van der Waals surface area contributed by atoms with E-state index < -0.39 is 23.6 Å². The van der Waals surface area contributed by atoms with E-state index in [1.807, 2.05) is 36.4 Å². The molecule has 8 heteroatoms. The number of aryl methyl sites for hydroxylation is 2. The van der Waals surface area contributed by atoms with Gasteiger partial charge in [0.2, 0.25) is 5.78 Å². The van der Waals surface area contributed by atoms with Gasteiger partial charge in [0, 0.05) is 11.8 Å². The van der Waals surface area contributed by atoms with Gasteiger partial charge in [-0.15, -0.1) is 0 Å². The second kappa shape index (κ2) is 9.20. The number of carbonyl (C=O) groups is 3. The van der Waals surface area contributed by atoms with Gasteiger partial charge >= 0.3 is 0 Å². The van der Waals surface area contributed by atoms with Gasteiger partial charge in [-0.25, -0.2) is 0 Å². The van der Waals surface area contributed by atoms with Crippen molar-refractivity contribution in [2.24, 2.45) is 5.73 Å². The fourth-order valence-electron chi connectivity index (χ4n) is 2.96. The van der Waals surface area contributed by atoms with E-state index in [1.165, 1.54) is 0 Å². The van der Waals surface area contributed by atoms with E-state index in [0.717, 1.165) is 17.1 Å². The van der Waals surface area contributed by atoms with Crippen molar-refractivity contribution in [2.75, 3.05) is 0 Å². The average Bonchev–Trinajstić information content (AvgIpc) is 3.13. The maximum absolute atomic E-state index is 12.9. The topological polar surface area (TPSA) is 115 Å². The van der Waals surface area contributed by atoms with E-state index in [2.05, 4.69) is 14.7 Å². The lowest BCUT2D eigenvalue weighted by molar-refractivity contribution is -0.137. The molecule has 148 valence electrons. The van der Waals surface area contributed by atoms with Crippen molar-refractivity contribution in [2.45, 2.75) is 25.8 Å². The molecule has 0 aliphatic heterocycles. The highest BCUT2D eigenvalue weighted by molar-refractivity contribution is 7.08. The minimum Gasteiger partial charge on any atom is -0.363 e. The second-order valence-corrected chi connectivity index (χ2v) is 7.24. The van der Waals surface area contributed by atoms with Crippen LogP contribution in [-0.4, -0.2) is 33.0 Å². The van der Waals surface area contributed by atoms with Gasteiger partial charge in [0.25, 0.3) is 11.8 Å². The fraction of sp³-hybridized carbons (Fsp3) is 0.190. The molecule has 0 aliphatic carbocycles. The third-order valence-corrected chi connectivity index (χ3v) is 5.36. The molecular weight excluding hydrogens is 388 g/mol. The molecule has 0 fully saturated rings. The molecule has 0 saturated heterocycles. The molecule has 0 saturated carbocycles. The molecule has 0 bridgehead atoms. The molecule has 2 heterocycles. The van der Waals surface area contributed by atoms with Crippen molar-refractivity contribution < 1.29 is 14.4 Å². The van der Waals surface area contributed by atoms with E-state index in [4.69, 9.17) is 5.73 Å². The zero-order valence-corrected chi connectivity index (χ0v) is 16.6. The quantitative estimate of drug-likeness (QED) is 0.555. The Balaban J connectivity index is 1.82. The highest BCUT2D eigenvalue weighted by Gasteiger charge is 2.28. The highest BCUT2D eigenvalue weighted by atomic mass is 32.1.